The van der Waals surface area contributed by atoms with Crippen LogP contribution in [0.4, 0.5) is 5.95 Å². The number of methoxy groups -OCH3 is 1. The molecule has 6 heteroatoms. The number of H-pyrrole nitrogens is 1. The second-order valence-electron chi connectivity index (χ2n) is 4.21. The molecule has 0 radical (unpaired) electrons. The minimum absolute atomic E-state index is 0.111. The van der Waals surface area contributed by atoms with Crippen molar-refractivity contribution in [3.63, 3.8) is 0 Å². The minimum atomic E-state index is -0.111. The number of nitrogens with one attached hydrogen (secondary N) is 2. The fourth-order valence-electron chi connectivity index (χ4n) is 1.71. The Balaban J connectivity index is 1.84. The molecule has 1 amide bonds. The lowest BCUT2D eigenvalue weighted by Crippen LogP contribution is -2.13. The molecule has 0 fully saturated rings. The average Bonchev–Trinajstić information content (AvgIpc) is 2.84. The van der Waals surface area contributed by atoms with Crippen molar-refractivity contribution in [2.24, 2.45) is 0 Å². The van der Waals surface area contributed by atoms with Crippen LogP contribution < -0.4 is 10.1 Å². The molecule has 2 N–H and O–H groups in total. The first-order chi connectivity index (χ1) is 9.17. The Hall–Kier alpha value is -2.37. The molecule has 6 nitrogen and oxygen atoms in total. The van der Waals surface area contributed by atoms with Crippen molar-refractivity contribution in [1.29, 1.82) is 0 Å². The molecule has 0 bridgehead atoms. The van der Waals surface area contributed by atoms with E-state index in [-0.39, 0.29) is 11.9 Å². The van der Waals surface area contributed by atoms with Crippen LogP contribution in [0.2, 0.25) is 0 Å². The standard InChI is InChI=1S/C13H16N4O2/c1-9-4-3-5-10(8-9)6-7-11(18)14-12-15-13(19-2)17-16-12/h3-5,8H,6-7H2,1-2H3,(H2,14,15,16,17,18). The molecule has 2 aromatic rings. The van der Waals surface area contributed by atoms with Gasteiger partial charge in [0.25, 0.3) is 0 Å². The van der Waals surface area contributed by atoms with Gasteiger partial charge in [0.2, 0.25) is 11.9 Å². The van der Waals surface area contributed by atoms with Crippen molar-refractivity contribution in [2.45, 2.75) is 19.8 Å². The predicted octanol–water partition coefficient (Wildman–Crippen LogP) is 1.69. The van der Waals surface area contributed by atoms with Gasteiger partial charge < -0.3 is 4.74 Å². The number of aromatic nitrogens is 3. The van der Waals surface area contributed by atoms with Gasteiger partial charge in [-0.1, -0.05) is 29.8 Å². The highest BCUT2D eigenvalue weighted by Crippen LogP contribution is 2.08. The highest BCUT2D eigenvalue weighted by Gasteiger charge is 2.07. The Kier molecular flexibility index (Phi) is 4.12. The van der Waals surface area contributed by atoms with Crippen molar-refractivity contribution in [1.82, 2.24) is 15.2 Å². The number of amides is 1. The Morgan fingerprint density at radius 2 is 2.32 bits per heavy atom. The fourth-order valence-corrected chi connectivity index (χ4v) is 1.71. The first-order valence-electron chi connectivity index (χ1n) is 5.99. The van der Waals surface area contributed by atoms with Gasteiger partial charge in [0, 0.05) is 6.42 Å². The summed E-state index contributed by atoms with van der Waals surface area (Å²) < 4.78 is 4.81. The number of benzene rings is 1. The van der Waals surface area contributed by atoms with Crippen LogP contribution >= 0.6 is 0 Å². The number of anilines is 1. The monoisotopic (exact) mass is 260 g/mol. The number of nitrogens with zero attached hydrogens (tertiary/aromatic N) is 2. The van der Waals surface area contributed by atoms with Crippen LogP contribution in [0.3, 0.4) is 0 Å². The number of carbonyl (C=O) groups excluding carboxylic acids is 1. The van der Waals surface area contributed by atoms with E-state index in [9.17, 15) is 4.79 Å². The quantitative estimate of drug-likeness (QED) is 0.857. The van der Waals surface area contributed by atoms with Crippen LogP contribution in [-0.4, -0.2) is 28.2 Å². The van der Waals surface area contributed by atoms with Crippen LogP contribution in [0.5, 0.6) is 6.01 Å². The summed E-state index contributed by atoms with van der Waals surface area (Å²) in [6, 6.07) is 8.31. The summed E-state index contributed by atoms with van der Waals surface area (Å²) in [5.41, 5.74) is 2.34. The van der Waals surface area contributed by atoms with Gasteiger partial charge in [-0.3, -0.25) is 10.1 Å². The molecule has 0 unspecified atom stereocenters. The lowest BCUT2D eigenvalue weighted by atomic mass is 10.1. The van der Waals surface area contributed by atoms with E-state index >= 15 is 0 Å². The fraction of sp³-hybridized carbons (Fsp3) is 0.308. The molecule has 19 heavy (non-hydrogen) atoms. The number of rotatable bonds is 5. The maximum atomic E-state index is 11.7. The summed E-state index contributed by atoms with van der Waals surface area (Å²) in [6.45, 7) is 2.03. The van der Waals surface area contributed by atoms with Crippen molar-refractivity contribution in [3.05, 3.63) is 35.4 Å². The van der Waals surface area contributed by atoms with E-state index in [0.717, 1.165) is 5.56 Å². The molecule has 1 heterocycles. The smallest absolute Gasteiger partial charge is 0.336 e. The Morgan fingerprint density at radius 3 is 3.00 bits per heavy atom. The van der Waals surface area contributed by atoms with Gasteiger partial charge in [-0.2, -0.15) is 4.98 Å². The van der Waals surface area contributed by atoms with Crippen LogP contribution in [0, 0.1) is 6.92 Å². The zero-order valence-electron chi connectivity index (χ0n) is 10.9. The molecule has 100 valence electrons. The van der Waals surface area contributed by atoms with Gasteiger partial charge in [0.1, 0.15) is 0 Å². The highest BCUT2D eigenvalue weighted by molar-refractivity contribution is 5.89. The number of ether oxygens (including phenoxy) is 1. The average molecular weight is 260 g/mol. The third kappa shape index (κ3) is 3.80. The van der Waals surface area contributed by atoms with Gasteiger partial charge in [-0.15, -0.1) is 5.10 Å². The molecule has 0 aliphatic carbocycles. The lowest BCUT2D eigenvalue weighted by molar-refractivity contribution is -0.116. The molecule has 0 spiro atoms. The van der Waals surface area contributed by atoms with Crippen molar-refractivity contribution < 1.29 is 9.53 Å². The van der Waals surface area contributed by atoms with E-state index in [2.05, 4.69) is 26.6 Å². The summed E-state index contributed by atoms with van der Waals surface area (Å²) in [6.07, 6.45) is 1.09. The first kappa shape index (κ1) is 13.1. The van der Waals surface area contributed by atoms with E-state index in [1.807, 2.05) is 25.1 Å². The van der Waals surface area contributed by atoms with Crippen LogP contribution in [-0.2, 0) is 11.2 Å². The van der Waals surface area contributed by atoms with Crippen LogP contribution in [0.15, 0.2) is 24.3 Å². The third-order valence-corrected chi connectivity index (χ3v) is 2.63. The van der Waals surface area contributed by atoms with Gasteiger partial charge in [-0.05, 0) is 18.9 Å². The lowest BCUT2D eigenvalue weighted by Gasteiger charge is -2.03. The second-order valence-corrected chi connectivity index (χ2v) is 4.21. The topological polar surface area (TPSA) is 79.9 Å². The molecule has 0 aliphatic heterocycles. The van der Waals surface area contributed by atoms with E-state index in [0.29, 0.717) is 18.8 Å². The molecule has 0 atom stereocenters. The van der Waals surface area contributed by atoms with Crippen LogP contribution in [0.25, 0.3) is 0 Å². The number of aryl methyl sites for hydroxylation is 2. The van der Waals surface area contributed by atoms with Gasteiger partial charge in [0.15, 0.2) is 0 Å². The summed E-state index contributed by atoms with van der Waals surface area (Å²) in [5.74, 6) is 0.186. The van der Waals surface area contributed by atoms with Crippen molar-refractivity contribution in [2.75, 3.05) is 12.4 Å². The molecule has 1 aromatic carbocycles. The van der Waals surface area contributed by atoms with E-state index in [1.54, 1.807) is 0 Å². The first-order valence-corrected chi connectivity index (χ1v) is 5.99. The SMILES string of the molecule is COc1n[nH]c(NC(=O)CCc2cccc(C)c2)n1. The Labute approximate surface area is 111 Å². The van der Waals surface area contributed by atoms with Gasteiger partial charge >= 0.3 is 6.01 Å². The summed E-state index contributed by atoms with van der Waals surface area (Å²) in [7, 11) is 1.46. The van der Waals surface area contributed by atoms with Gasteiger partial charge in [0.05, 0.1) is 7.11 Å². The zero-order valence-corrected chi connectivity index (χ0v) is 10.9. The number of carbonyl (C=O) groups is 1. The third-order valence-electron chi connectivity index (χ3n) is 2.63. The molecule has 0 aliphatic rings. The molecule has 1 aromatic heterocycles. The maximum Gasteiger partial charge on any atom is 0.336 e. The normalized spacial score (nSPS) is 10.2. The zero-order chi connectivity index (χ0) is 13.7. The van der Waals surface area contributed by atoms with E-state index in [1.165, 1.54) is 12.7 Å². The summed E-state index contributed by atoms with van der Waals surface area (Å²) in [5, 5.41) is 8.95. The second kappa shape index (κ2) is 5.99. The number of hydrogen-bond donors (Lipinski definition) is 2. The molecule has 2 rings (SSSR count). The van der Waals surface area contributed by atoms with Crippen molar-refractivity contribution >= 4 is 11.9 Å². The Morgan fingerprint density at radius 1 is 1.47 bits per heavy atom. The minimum Gasteiger partial charge on any atom is -0.466 e. The van der Waals surface area contributed by atoms with Crippen LogP contribution in [0.1, 0.15) is 17.5 Å². The van der Waals surface area contributed by atoms with E-state index < -0.39 is 0 Å². The predicted molar refractivity (Wildman–Crippen MR) is 71.1 cm³/mol. The molecular formula is C13H16N4O2. The summed E-state index contributed by atoms with van der Waals surface area (Å²) in [4.78, 5) is 15.6. The molecular weight excluding hydrogens is 244 g/mol. The summed E-state index contributed by atoms with van der Waals surface area (Å²) >= 11 is 0. The Bertz CT molecular complexity index is 565. The van der Waals surface area contributed by atoms with Gasteiger partial charge in [-0.25, -0.2) is 5.10 Å². The largest absolute Gasteiger partial charge is 0.466 e. The number of aromatic amines is 1. The maximum absolute atomic E-state index is 11.7. The molecule has 0 saturated carbocycles. The highest BCUT2D eigenvalue weighted by atomic mass is 16.5. The number of hydrogen-bond acceptors (Lipinski definition) is 4. The van der Waals surface area contributed by atoms with E-state index in [4.69, 9.17) is 4.74 Å². The molecule has 0 saturated heterocycles. The van der Waals surface area contributed by atoms with Crippen molar-refractivity contribution in [3.8, 4) is 6.01 Å².